The number of hydrogen-bond acceptors (Lipinski definition) is 5. The van der Waals surface area contributed by atoms with E-state index in [1.54, 1.807) is 18.2 Å². The number of anilines is 2. The van der Waals surface area contributed by atoms with E-state index in [1.165, 1.54) is 0 Å². The highest BCUT2D eigenvalue weighted by atomic mass is 16.4. The maximum absolute atomic E-state index is 11.2. The van der Waals surface area contributed by atoms with Gasteiger partial charge in [-0.15, -0.1) is 0 Å². The normalized spacial score (nSPS) is 10.4. The summed E-state index contributed by atoms with van der Waals surface area (Å²) in [5.74, 6) is 5.28. The molecule has 0 spiro atoms. The Labute approximate surface area is 79.3 Å². The summed E-state index contributed by atoms with van der Waals surface area (Å²) < 4.78 is 4.96. The molecule has 5 heteroatoms. The molecule has 2 aromatic rings. The van der Waals surface area contributed by atoms with Crippen LogP contribution in [0.3, 0.4) is 0 Å². The predicted octanol–water partition coefficient (Wildman–Crippen LogP) is 0.661. The number of benzene rings is 1. The van der Waals surface area contributed by atoms with Crippen molar-refractivity contribution in [3.05, 3.63) is 34.7 Å². The number of nitrogens with two attached hydrogens (primary N) is 2. The molecule has 0 aliphatic heterocycles. The second-order valence-electron chi connectivity index (χ2n) is 2.82. The quantitative estimate of drug-likeness (QED) is 0.349. The van der Waals surface area contributed by atoms with Gasteiger partial charge in [-0.2, -0.15) is 0 Å². The maximum atomic E-state index is 11.2. The zero-order valence-electron chi connectivity index (χ0n) is 7.28. The Hall–Kier alpha value is -2.01. The third-order valence-corrected chi connectivity index (χ3v) is 1.99. The lowest BCUT2D eigenvalue weighted by Gasteiger charge is -2.06. The van der Waals surface area contributed by atoms with Gasteiger partial charge in [0, 0.05) is 5.39 Å². The van der Waals surface area contributed by atoms with Crippen LogP contribution in [0.25, 0.3) is 11.0 Å². The molecule has 0 radical (unpaired) electrons. The summed E-state index contributed by atoms with van der Waals surface area (Å²) in [6.45, 7) is 0. The van der Waals surface area contributed by atoms with Crippen LogP contribution in [0.5, 0.6) is 0 Å². The first-order chi connectivity index (χ1) is 6.74. The summed E-state index contributed by atoms with van der Waals surface area (Å²) in [7, 11) is 0. The zero-order chi connectivity index (χ0) is 10.1. The Morgan fingerprint density at radius 3 is 2.71 bits per heavy atom. The summed E-state index contributed by atoms with van der Waals surface area (Å²) in [5, 5.41) is 0.687. The van der Waals surface area contributed by atoms with E-state index in [0.29, 0.717) is 16.7 Å². The van der Waals surface area contributed by atoms with Crippen molar-refractivity contribution >= 4 is 22.3 Å². The lowest BCUT2D eigenvalue weighted by atomic mass is 10.2. The van der Waals surface area contributed by atoms with Gasteiger partial charge in [-0.1, -0.05) is 12.1 Å². The van der Waals surface area contributed by atoms with Gasteiger partial charge in [-0.3, -0.25) is 5.84 Å². The summed E-state index contributed by atoms with van der Waals surface area (Å²) in [6, 6.07) is 7.02. The Morgan fingerprint density at radius 2 is 2.00 bits per heavy atom. The molecule has 72 valence electrons. The van der Waals surface area contributed by atoms with Gasteiger partial charge >= 0.3 is 5.63 Å². The minimum absolute atomic E-state index is 0.00815. The zero-order valence-corrected chi connectivity index (χ0v) is 7.28. The average Bonchev–Trinajstić information content (AvgIpc) is 2.20. The van der Waals surface area contributed by atoms with Gasteiger partial charge in [0.2, 0.25) is 0 Å². The monoisotopic (exact) mass is 191 g/mol. The Bertz CT molecular complexity index is 533. The number of nitrogens with one attached hydrogen (secondary N) is 1. The van der Waals surface area contributed by atoms with Crippen LogP contribution in [0.1, 0.15) is 0 Å². The minimum Gasteiger partial charge on any atom is -0.421 e. The van der Waals surface area contributed by atoms with E-state index in [0.717, 1.165) is 0 Å². The highest BCUT2D eigenvalue weighted by molar-refractivity contribution is 5.95. The van der Waals surface area contributed by atoms with Crippen LogP contribution in [0.2, 0.25) is 0 Å². The van der Waals surface area contributed by atoms with Crippen LogP contribution in [0.15, 0.2) is 33.5 Å². The van der Waals surface area contributed by atoms with Crippen molar-refractivity contribution in [2.75, 3.05) is 11.2 Å². The van der Waals surface area contributed by atoms with Crippen molar-refractivity contribution in [2.45, 2.75) is 0 Å². The van der Waals surface area contributed by atoms with Gasteiger partial charge in [0.25, 0.3) is 0 Å². The van der Waals surface area contributed by atoms with Crippen LogP contribution in [-0.2, 0) is 0 Å². The molecule has 1 heterocycles. The highest BCUT2D eigenvalue weighted by Crippen LogP contribution is 2.24. The third kappa shape index (κ3) is 1.11. The molecule has 1 aromatic carbocycles. The van der Waals surface area contributed by atoms with Crippen molar-refractivity contribution in [3.8, 4) is 0 Å². The van der Waals surface area contributed by atoms with Gasteiger partial charge in [-0.25, -0.2) is 4.79 Å². The van der Waals surface area contributed by atoms with Crippen molar-refractivity contribution in [2.24, 2.45) is 5.84 Å². The summed E-state index contributed by atoms with van der Waals surface area (Å²) >= 11 is 0. The fourth-order valence-electron chi connectivity index (χ4n) is 1.32. The fraction of sp³-hybridized carbons (Fsp3) is 0. The molecule has 0 saturated carbocycles. The van der Waals surface area contributed by atoms with Gasteiger partial charge in [0.15, 0.2) is 0 Å². The largest absolute Gasteiger partial charge is 0.421 e. The molecule has 14 heavy (non-hydrogen) atoms. The van der Waals surface area contributed by atoms with Crippen molar-refractivity contribution < 1.29 is 4.42 Å². The first-order valence-corrected chi connectivity index (χ1v) is 4.02. The molecule has 2 rings (SSSR count). The van der Waals surface area contributed by atoms with E-state index >= 15 is 0 Å². The Morgan fingerprint density at radius 1 is 1.29 bits per heavy atom. The molecule has 0 atom stereocenters. The number of hydrazine groups is 1. The topological polar surface area (TPSA) is 94.3 Å². The average molecular weight is 191 g/mol. The van der Waals surface area contributed by atoms with E-state index in [2.05, 4.69) is 5.43 Å². The summed E-state index contributed by atoms with van der Waals surface area (Å²) in [5.41, 5.74) is 8.17. The molecular formula is C9H9N3O2. The van der Waals surface area contributed by atoms with Crippen LogP contribution in [-0.4, -0.2) is 0 Å². The first-order valence-electron chi connectivity index (χ1n) is 4.02. The van der Waals surface area contributed by atoms with E-state index in [-0.39, 0.29) is 5.69 Å². The van der Waals surface area contributed by atoms with E-state index in [4.69, 9.17) is 16.0 Å². The molecule has 0 aliphatic carbocycles. The number of nitrogen functional groups attached to an aromatic ring is 2. The van der Waals surface area contributed by atoms with Gasteiger partial charge in [0.05, 0.1) is 5.69 Å². The molecule has 0 bridgehead atoms. The molecule has 0 aliphatic rings. The number of hydrogen-bond donors (Lipinski definition) is 3. The molecule has 1 aromatic heterocycles. The Kier molecular flexibility index (Phi) is 1.86. The number of para-hydroxylation sites is 1. The number of rotatable bonds is 1. The van der Waals surface area contributed by atoms with Crippen LogP contribution in [0, 0.1) is 0 Å². The molecule has 0 amide bonds. The van der Waals surface area contributed by atoms with Gasteiger partial charge in [0.1, 0.15) is 11.3 Å². The molecule has 5 N–H and O–H groups in total. The summed E-state index contributed by atoms with van der Waals surface area (Å²) in [4.78, 5) is 11.2. The van der Waals surface area contributed by atoms with Gasteiger partial charge < -0.3 is 15.6 Å². The van der Waals surface area contributed by atoms with Gasteiger partial charge in [-0.05, 0) is 12.1 Å². The standard InChI is InChI=1S/C9H9N3O2/c10-7-8(12-11)5-3-1-2-4-6(5)14-9(7)13/h1-4,12H,10-11H2. The fourth-order valence-corrected chi connectivity index (χ4v) is 1.32. The first kappa shape index (κ1) is 8.58. The second-order valence-corrected chi connectivity index (χ2v) is 2.82. The van der Waals surface area contributed by atoms with Crippen LogP contribution >= 0.6 is 0 Å². The van der Waals surface area contributed by atoms with Crippen LogP contribution < -0.4 is 22.6 Å². The molecule has 5 nitrogen and oxygen atoms in total. The molecule has 0 fully saturated rings. The van der Waals surface area contributed by atoms with E-state index in [1.807, 2.05) is 6.07 Å². The minimum atomic E-state index is -0.586. The lowest BCUT2D eigenvalue weighted by molar-refractivity contribution is 0.565. The SMILES string of the molecule is NNc1c(N)c(=O)oc2ccccc12. The highest BCUT2D eigenvalue weighted by Gasteiger charge is 2.09. The Balaban J connectivity index is 2.96. The third-order valence-electron chi connectivity index (χ3n) is 1.99. The molecule has 0 saturated heterocycles. The van der Waals surface area contributed by atoms with E-state index in [9.17, 15) is 4.79 Å². The molecular weight excluding hydrogens is 182 g/mol. The van der Waals surface area contributed by atoms with Crippen molar-refractivity contribution in [3.63, 3.8) is 0 Å². The maximum Gasteiger partial charge on any atom is 0.361 e. The second kappa shape index (κ2) is 3.04. The predicted molar refractivity (Wildman–Crippen MR) is 54.7 cm³/mol. The number of fused-ring (bicyclic) bond motifs is 1. The molecule has 0 unspecified atom stereocenters. The van der Waals surface area contributed by atoms with E-state index < -0.39 is 5.63 Å². The smallest absolute Gasteiger partial charge is 0.361 e. The van der Waals surface area contributed by atoms with Crippen LogP contribution in [0.4, 0.5) is 11.4 Å². The van der Waals surface area contributed by atoms with Crippen molar-refractivity contribution in [1.82, 2.24) is 0 Å². The lowest BCUT2D eigenvalue weighted by Crippen LogP contribution is -2.15. The summed E-state index contributed by atoms with van der Waals surface area (Å²) in [6.07, 6.45) is 0. The van der Waals surface area contributed by atoms with Crippen molar-refractivity contribution in [1.29, 1.82) is 0 Å².